The van der Waals surface area contributed by atoms with Gasteiger partial charge in [-0.25, -0.2) is 17.7 Å². The first-order valence-corrected chi connectivity index (χ1v) is 11.5. The van der Waals surface area contributed by atoms with E-state index in [2.05, 4.69) is 35.5 Å². The smallest absolute Gasteiger partial charge is 0.242 e. The van der Waals surface area contributed by atoms with Crippen LogP contribution in [0, 0.1) is 0 Å². The van der Waals surface area contributed by atoms with Crippen molar-refractivity contribution in [3.05, 3.63) is 29.8 Å². The SMILES string of the molecule is CCn1c(CSc2nnc(C(C)C)n2C)nc2cc(S(=O)(=O)N(C)C)ccc21. The zero-order chi connectivity index (χ0) is 20.6. The summed E-state index contributed by atoms with van der Waals surface area (Å²) in [7, 11) is 1.54. The number of aryl methyl sites for hydroxylation is 1. The number of sulfonamides is 1. The fourth-order valence-electron chi connectivity index (χ4n) is 3.08. The first kappa shape index (κ1) is 20.8. The maximum atomic E-state index is 12.4. The van der Waals surface area contributed by atoms with Gasteiger partial charge in [0.25, 0.3) is 0 Å². The van der Waals surface area contributed by atoms with Crippen molar-refractivity contribution in [2.75, 3.05) is 14.1 Å². The summed E-state index contributed by atoms with van der Waals surface area (Å²) in [5.41, 5.74) is 1.61. The number of aromatic nitrogens is 5. The average molecular weight is 423 g/mol. The standard InChI is InChI=1S/C18H26N6O2S2/c1-7-24-15-9-8-13(28(25,26)22(4)5)10-14(15)19-16(24)11-27-18-21-20-17(12(2)3)23(18)6/h8-10,12H,7,11H2,1-6H3. The van der Waals surface area contributed by atoms with Gasteiger partial charge in [-0.2, -0.15) is 0 Å². The first-order chi connectivity index (χ1) is 13.2. The molecule has 10 heteroatoms. The molecule has 0 atom stereocenters. The fourth-order valence-corrected chi connectivity index (χ4v) is 4.86. The molecular formula is C18H26N6O2S2. The minimum atomic E-state index is -3.49. The lowest BCUT2D eigenvalue weighted by Crippen LogP contribution is -2.22. The van der Waals surface area contributed by atoms with Gasteiger partial charge in [0.05, 0.1) is 21.7 Å². The van der Waals surface area contributed by atoms with Crippen LogP contribution < -0.4 is 0 Å². The number of hydrogen-bond acceptors (Lipinski definition) is 6. The van der Waals surface area contributed by atoms with E-state index in [1.165, 1.54) is 18.4 Å². The van der Waals surface area contributed by atoms with Gasteiger partial charge in [-0.1, -0.05) is 25.6 Å². The van der Waals surface area contributed by atoms with Crippen LogP contribution in [0.15, 0.2) is 28.3 Å². The van der Waals surface area contributed by atoms with E-state index in [4.69, 9.17) is 4.98 Å². The third-order valence-electron chi connectivity index (χ3n) is 4.61. The van der Waals surface area contributed by atoms with Gasteiger partial charge in [0.15, 0.2) is 5.16 Å². The van der Waals surface area contributed by atoms with Gasteiger partial charge in [-0.3, -0.25) is 0 Å². The van der Waals surface area contributed by atoms with Crippen molar-refractivity contribution in [1.82, 2.24) is 28.6 Å². The van der Waals surface area contributed by atoms with Gasteiger partial charge in [-0.05, 0) is 25.1 Å². The van der Waals surface area contributed by atoms with Crippen LogP contribution in [0.2, 0.25) is 0 Å². The van der Waals surface area contributed by atoms with Crippen LogP contribution in [0.5, 0.6) is 0 Å². The molecule has 3 rings (SSSR count). The zero-order valence-electron chi connectivity index (χ0n) is 17.0. The molecule has 3 aromatic rings. The molecule has 0 radical (unpaired) electrons. The summed E-state index contributed by atoms with van der Waals surface area (Å²) in [5.74, 6) is 2.77. The monoisotopic (exact) mass is 422 g/mol. The molecule has 0 amide bonds. The Balaban J connectivity index is 1.93. The van der Waals surface area contributed by atoms with E-state index in [-0.39, 0.29) is 4.90 Å². The number of rotatable bonds is 7. The second-order valence-corrected chi connectivity index (χ2v) is 10.1. The Labute approximate surface area is 170 Å². The Morgan fingerprint density at radius 2 is 1.93 bits per heavy atom. The topological polar surface area (TPSA) is 85.9 Å². The molecule has 0 N–H and O–H groups in total. The lowest BCUT2D eigenvalue weighted by Gasteiger charge is -2.11. The number of imidazole rings is 1. The predicted molar refractivity (Wildman–Crippen MR) is 111 cm³/mol. The van der Waals surface area contributed by atoms with E-state index in [9.17, 15) is 8.42 Å². The summed E-state index contributed by atoms with van der Waals surface area (Å²) in [5, 5.41) is 9.38. The second-order valence-electron chi connectivity index (χ2n) is 7.05. The van der Waals surface area contributed by atoms with E-state index >= 15 is 0 Å². The first-order valence-electron chi connectivity index (χ1n) is 9.10. The summed E-state index contributed by atoms with van der Waals surface area (Å²) in [6.07, 6.45) is 0. The van der Waals surface area contributed by atoms with Gasteiger partial charge < -0.3 is 9.13 Å². The van der Waals surface area contributed by atoms with E-state index in [1.54, 1.807) is 23.9 Å². The molecule has 8 nitrogen and oxygen atoms in total. The number of hydrogen-bond donors (Lipinski definition) is 0. The molecule has 28 heavy (non-hydrogen) atoms. The Kier molecular flexibility index (Phi) is 5.83. The molecule has 0 aliphatic carbocycles. The van der Waals surface area contributed by atoms with Crippen molar-refractivity contribution in [2.24, 2.45) is 7.05 Å². The van der Waals surface area contributed by atoms with Gasteiger partial charge in [0.1, 0.15) is 11.6 Å². The average Bonchev–Trinajstić information content (AvgIpc) is 3.18. The molecule has 0 fully saturated rings. The maximum absolute atomic E-state index is 12.4. The molecule has 0 unspecified atom stereocenters. The van der Waals surface area contributed by atoms with Crippen molar-refractivity contribution >= 4 is 32.8 Å². The fraction of sp³-hybridized carbons (Fsp3) is 0.500. The summed E-state index contributed by atoms with van der Waals surface area (Å²) < 4.78 is 30.1. The molecule has 0 spiro atoms. The van der Waals surface area contributed by atoms with Crippen molar-refractivity contribution in [3.63, 3.8) is 0 Å². The summed E-state index contributed by atoms with van der Waals surface area (Å²) in [4.78, 5) is 4.96. The normalized spacial score (nSPS) is 12.6. The van der Waals surface area contributed by atoms with Gasteiger partial charge in [0.2, 0.25) is 10.0 Å². The molecule has 2 aromatic heterocycles. The number of nitrogens with zero attached hydrogens (tertiary/aromatic N) is 6. The molecule has 0 bridgehead atoms. The highest BCUT2D eigenvalue weighted by atomic mass is 32.2. The van der Waals surface area contributed by atoms with Crippen molar-refractivity contribution < 1.29 is 8.42 Å². The maximum Gasteiger partial charge on any atom is 0.242 e. The molecular weight excluding hydrogens is 396 g/mol. The Morgan fingerprint density at radius 3 is 2.50 bits per heavy atom. The lowest BCUT2D eigenvalue weighted by atomic mass is 10.2. The molecule has 1 aromatic carbocycles. The van der Waals surface area contributed by atoms with Crippen LogP contribution in [0.3, 0.4) is 0 Å². The highest BCUT2D eigenvalue weighted by Gasteiger charge is 2.20. The molecule has 0 aliphatic rings. The van der Waals surface area contributed by atoms with Gasteiger partial charge in [0, 0.05) is 33.6 Å². The van der Waals surface area contributed by atoms with Crippen molar-refractivity contribution in [2.45, 2.75) is 49.0 Å². The van der Waals surface area contributed by atoms with Crippen LogP contribution in [-0.2, 0) is 29.4 Å². The van der Waals surface area contributed by atoms with Crippen LogP contribution in [0.25, 0.3) is 11.0 Å². The summed E-state index contributed by atoms with van der Waals surface area (Å²) in [6, 6.07) is 5.11. The van der Waals surface area contributed by atoms with Crippen molar-refractivity contribution in [1.29, 1.82) is 0 Å². The minimum Gasteiger partial charge on any atom is -0.328 e. The molecule has 0 saturated heterocycles. The van der Waals surface area contributed by atoms with Crippen LogP contribution in [0.1, 0.15) is 38.3 Å². The number of thioether (sulfide) groups is 1. The van der Waals surface area contributed by atoms with Crippen molar-refractivity contribution in [3.8, 4) is 0 Å². The third kappa shape index (κ3) is 3.68. The zero-order valence-corrected chi connectivity index (χ0v) is 18.7. The van der Waals surface area contributed by atoms with E-state index in [1.807, 2.05) is 17.7 Å². The van der Waals surface area contributed by atoms with E-state index in [0.717, 1.165) is 28.9 Å². The number of benzene rings is 1. The van der Waals surface area contributed by atoms with Gasteiger partial charge in [-0.15, -0.1) is 10.2 Å². The van der Waals surface area contributed by atoms with Gasteiger partial charge >= 0.3 is 0 Å². The van der Waals surface area contributed by atoms with Crippen LogP contribution in [-0.4, -0.2) is 51.1 Å². The molecule has 0 aliphatic heterocycles. The van der Waals surface area contributed by atoms with E-state index in [0.29, 0.717) is 17.2 Å². The molecule has 152 valence electrons. The van der Waals surface area contributed by atoms with E-state index < -0.39 is 10.0 Å². The summed E-state index contributed by atoms with van der Waals surface area (Å²) >= 11 is 1.58. The quantitative estimate of drug-likeness (QED) is 0.544. The Morgan fingerprint density at radius 1 is 1.21 bits per heavy atom. The molecule has 0 saturated carbocycles. The number of fused-ring (bicyclic) bond motifs is 1. The second kappa shape index (κ2) is 7.84. The molecule has 2 heterocycles. The lowest BCUT2D eigenvalue weighted by molar-refractivity contribution is 0.521. The Hall–Kier alpha value is -1.91. The highest BCUT2D eigenvalue weighted by molar-refractivity contribution is 7.98. The van der Waals surface area contributed by atoms with Crippen LogP contribution in [0.4, 0.5) is 0 Å². The summed E-state index contributed by atoms with van der Waals surface area (Å²) in [6.45, 7) is 6.99. The predicted octanol–water partition coefficient (Wildman–Crippen LogP) is 2.85. The largest absolute Gasteiger partial charge is 0.328 e. The minimum absolute atomic E-state index is 0.250. The highest BCUT2D eigenvalue weighted by Crippen LogP contribution is 2.27. The third-order valence-corrected chi connectivity index (χ3v) is 7.44. The Bertz CT molecular complexity index is 1100. The van der Waals surface area contributed by atoms with Crippen LogP contribution >= 0.6 is 11.8 Å².